The minimum Gasteiger partial charge on any atom is -0.336 e. The molecule has 0 aliphatic heterocycles. The Labute approximate surface area is 390 Å². The van der Waals surface area contributed by atoms with Crippen molar-refractivity contribution in [2.75, 3.05) is 13.1 Å². The molecule has 0 saturated heterocycles. The highest BCUT2D eigenvalue weighted by Gasteiger charge is 2.42. The zero-order valence-electron chi connectivity index (χ0n) is 41.1. The monoisotopic (exact) mass is 859 g/mol. The number of nitrogens with zero attached hydrogens (tertiary/aromatic N) is 4. The summed E-state index contributed by atoms with van der Waals surface area (Å²) < 4.78 is 58.5. The molecule has 6 nitrogen and oxygen atoms in total. The van der Waals surface area contributed by atoms with Crippen LogP contribution in [0, 0.1) is 5.82 Å². The van der Waals surface area contributed by atoms with E-state index in [1.165, 1.54) is 23.9 Å². The summed E-state index contributed by atoms with van der Waals surface area (Å²) in [5.41, 5.74) is 9.89. The number of benzene rings is 3. The Morgan fingerprint density at radius 3 is 1.67 bits per heavy atom. The largest absolute Gasteiger partial charge is 0.415 e. The van der Waals surface area contributed by atoms with E-state index in [4.69, 9.17) is 4.98 Å². The van der Waals surface area contributed by atoms with Crippen LogP contribution in [0.3, 0.4) is 0 Å². The van der Waals surface area contributed by atoms with Crippen molar-refractivity contribution >= 4 is 187 Å². The number of halogens is 4. The standard InChI is InChI=1S/C36H54B16F4N4O2S/c1-32(45,46)59(33(2,47)48)11-10-58(12-16-21(37)23(39)18(24(40)22(16)38)19-25(41)27(43)20(36(54,55)56)28(44)26(19)42)30(62)34(49,50)60-17-5-3-4-15(17)29(61)57-31(60)63-35(51,52)13-6-8-14(53)9-7-13/h6-9H,3-5,10-12,37-52H2,1-2H3. The lowest BCUT2D eigenvalue weighted by Gasteiger charge is -2.48. The third-order valence-electron chi connectivity index (χ3n) is 13.9. The molecule has 1 heterocycles. The second-order valence-electron chi connectivity index (χ2n) is 20.8. The molecule has 0 saturated carbocycles. The molecule has 4 aromatic rings. The van der Waals surface area contributed by atoms with Gasteiger partial charge in [0, 0.05) is 36.5 Å². The van der Waals surface area contributed by atoms with Crippen LogP contribution in [0.15, 0.2) is 34.2 Å². The van der Waals surface area contributed by atoms with Crippen LogP contribution in [0.4, 0.5) is 17.6 Å². The lowest BCUT2D eigenvalue weighted by Crippen LogP contribution is -2.62. The van der Waals surface area contributed by atoms with Gasteiger partial charge in [-0.25, -0.2) is 4.39 Å². The summed E-state index contributed by atoms with van der Waals surface area (Å²) in [6.45, 7) is 5.66. The van der Waals surface area contributed by atoms with Crippen molar-refractivity contribution in [3.05, 3.63) is 68.4 Å². The van der Waals surface area contributed by atoms with E-state index in [2.05, 4.69) is 65.8 Å². The molecule has 0 fully saturated rings. The third-order valence-corrected chi connectivity index (χ3v) is 15.1. The van der Waals surface area contributed by atoms with E-state index >= 15 is 4.79 Å². The number of rotatable bonds is 13. The molecule has 1 aliphatic carbocycles. The highest BCUT2D eigenvalue weighted by atomic mass is 32.2. The number of thioether (sulfide) groups is 1. The maximum Gasteiger partial charge on any atom is 0.415 e. The molecule has 3 aromatic carbocycles. The van der Waals surface area contributed by atoms with Crippen molar-refractivity contribution in [3.63, 3.8) is 0 Å². The predicted molar refractivity (Wildman–Crippen MR) is 302 cm³/mol. The Balaban J connectivity index is 1.70. The summed E-state index contributed by atoms with van der Waals surface area (Å²) in [5, 5.41) is -1.18. The van der Waals surface area contributed by atoms with Gasteiger partial charge in [-0.15, -0.1) is 0 Å². The molecule has 0 N–H and O–H groups in total. The zero-order chi connectivity index (χ0) is 47.7. The van der Waals surface area contributed by atoms with Gasteiger partial charge in [-0.05, 0) is 68.9 Å². The normalized spacial score (nSPS) is 13.6. The van der Waals surface area contributed by atoms with Crippen LogP contribution in [0.5, 0.6) is 0 Å². The summed E-state index contributed by atoms with van der Waals surface area (Å²) in [7, 11) is 31.5. The Bertz CT molecular complexity index is 2460. The number of carbonyl (C=O) groups excluding carboxylic acids is 1. The molecule has 1 amide bonds. The SMILES string of the molecule is Bc1c(B)c(-c2c(B)c(B)c(C(F)(F)F)c(B)c2B)c(B)c(B)c1CN(CCN(C(B)(B)C)C(B)(B)C)C(=O)C(B)(B)n1c(SC(B)(B)c2ccc(F)cc2)nc(=O)c2c1CCC2. The van der Waals surface area contributed by atoms with Crippen LogP contribution in [0.25, 0.3) is 11.1 Å². The second-order valence-corrected chi connectivity index (χ2v) is 22.4. The van der Waals surface area contributed by atoms with E-state index in [9.17, 15) is 22.4 Å². The quantitative estimate of drug-likeness (QED) is 0.0580. The van der Waals surface area contributed by atoms with Gasteiger partial charge < -0.3 is 14.4 Å². The Morgan fingerprint density at radius 2 is 1.21 bits per heavy atom. The number of amides is 1. The minimum atomic E-state index is -4.47. The summed E-state index contributed by atoms with van der Waals surface area (Å²) in [4.78, 5) is 38.5. The van der Waals surface area contributed by atoms with Crippen LogP contribution in [-0.4, -0.2) is 175 Å². The summed E-state index contributed by atoms with van der Waals surface area (Å²) in [6, 6.07) is 6.35. The highest BCUT2D eigenvalue weighted by Crippen LogP contribution is 2.38. The molecule has 312 valence electrons. The van der Waals surface area contributed by atoms with Crippen LogP contribution >= 0.6 is 11.8 Å². The van der Waals surface area contributed by atoms with Crippen LogP contribution < -0.4 is 49.3 Å². The fourth-order valence-electron chi connectivity index (χ4n) is 10.2. The molecule has 1 aliphatic rings. The van der Waals surface area contributed by atoms with Crippen molar-refractivity contribution in [1.29, 1.82) is 0 Å². The van der Waals surface area contributed by atoms with Gasteiger partial charge in [0.25, 0.3) is 5.56 Å². The average molecular weight is 856 g/mol. The summed E-state index contributed by atoms with van der Waals surface area (Å²) in [6.07, 6.45) is -2.46. The Morgan fingerprint density at radius 1 is 0.730 bits per heavy atom. The van der Waals surface area contributed by atoms with Crippen molar-refractivity contribution in [1.82, 2.24) is 19.4 Å². The fourth-order valence-corrected chi connectivity index (χ4v) is 11.5. The van der Waals surface area contributed by atoms with E-state index < -0.39 is 21.6 Å². The maximum atomic E-state index is 15.8. The highest BCUT2D eigenvalue weighted by molar-refractivity contribution is 8.02. The minimum absolute atomic E-state index is 0.120. The molecule has 0 unspecified atom stereocenters. The summed E-state index contributed by atoms with van der Waals surface area (Å²) in [5.74, 6) is -0.457. The van der Waals surface area contributed by atoms with Crippen molar-refractivity contribution in [2.24, 2.45) is 0 Å². The number of fused-ring (bicyclic) bond motifs is 1. The van der Waals surface area contributed by atoms with E-state index in [0.29, 0.717) is 54.1 Å². The van der Waals surface area contributed by atoms with Crippen LogP contribution in [0.2, 0.25) is 0 Å². The van der Waals surface area contributed by atoms with Gasteiger partial charge in [0.1, 0.15) is 131 Å². The molecular weight excluding hydrogens is 801 g/mol. The first kappa shape index (κ1) is 51.1. The van der Waals surface area contributed by atoms with Crippen molar-refractivity contribution in [2.45, 2.75) is 71.5 Å². The van der Waals surface area contributed by atoms with Gasteiger partial charge >= 0.3 is 6.18 Å². The van der Waals surface area contributed by atoms with Crippen molar-refractivity contribution in [3.8, 4) is 11.1 Å². The lowest BCUT2D eigenvalue weighted by atomic mass is 9.54. The first-order valence-corrected chi connectivity index (χ1v) is 23.0. The molecule has 63 heavy (non-hydrogen) atoms. The smallest absolute Gasteiger partial charge is 0.336 e. The van der Waals surface area contributed by atoms with Gasteiger partial charge in [-0.1, -0.05) is 81.4 Å². The van der Waals surface area contributed by atoms with Crippen molar-refractivity contribution < 1.29 is 22.4 Å². The number of carbonyl (C=O) groups is 1. The van der Waals surface area contributed by atoms with E-state index in [1.807, 2.05) is 56.5 Å². The lowest BCUT2D eigenvalue weighted by molar-refractivity contribution is -0.136. The molecule has 0 bridgehead atoms. The van der Waals surface area contributed by atoms with E-state index in [1.54, 1.807) is 43.5 Å². The molecule has 1 aromatic heterocycles. The van der Waals surface area contributed by atoms with Crippen LogP contribution in [0.1, 0.15) is 48.2 Å². The van der Waals surface area contributed by atoms with Gasteiger partial charge in [-0.3, -0.25) is 9.59 Å². The maximum absolute atomic E-state index is 15.8. The number of hydrogen-bond donors (Lipinski definition) is 0. The fraction of sp³-hybridized carbons (Fsp3) is 0.361. The van der Waals surface area contributed by atoms with E-state index in [-0.39, 0.29) is 38.9 Å². The Hall–Kier alpha value is -2.92. The topological polar surface area (TPSA) is 58.4 Å². The van der Waals surface area contributed by atoms with E-state index in [0.717, 1.165) is 56.2 Å². The number of hydrogen-bond acceptors (Lipinski definition) is 5. The van der Waals surface area contributed by atoms with Gasteiger partial charge in [0.2, 0.25) is 5.91 Å². The number of alkyl halides is 3. The van der Waals surface area contributed by atoms with Gasteiger partial charge in [0.15, 0.2) is 5.16 Å². The molecule has 5 rings (SSSR count). The average Bonchev–Trinajstić information content (AvgIpc) is 3.64. The van der Waals surface area contributed by atoms with Gasteiger partial charge in [-0.2, -0.15) is 18.2 Å². The second kappa shape index (κ2) is 18.0. The molecule has 27 heteroatoms. The first-order valence-electron chi connectivity index (χ1n) is 22.2. The Kier molecular flexibility index (Phi) is 14.6. The third kappa shape index (κ3) is 9.95. The zero-order valence-corrected chi connectivity index (χ0v) is 41.9. The molecular formula is C36H54B16F4N4O2S. The van der Waals surface area contributed by atoms with Gasteiger partial charge in [0.05, 0.1) is 5.34 Å². The first-order chi connectivity index (χ1) is 28.7. The van der Waals surface area contributed by atoms with Crippen LogP contribution in [-0.2, 0) is 40.2 Å². The molecule has 0 radical (unpaired) electrons. The molecule has 0 spiro atoms. The predicted octanol–water partition coefficient (Wildman–Crippen LogP) is -15.1. The molecule has 0 atom stereocenters. The number of aromatic nitrogens is 2. The summed E-state index contributed by atoms with van der Waals surface area (Å²) >= 11 is 1.40.